The van der Waals surface area contributed by atoms with Gasteiger partial charge < -0.3 is 18.6 Å². The van der Waals surface area contributed by atoms with Crippen LogP contribution in [0.1, 0.15) is 36.7 Å². The van der Waals surface area contributed by atoms with Crippen molar-refractivity contribution in [3.05, 3.63) is 83.9 Å². The molecule has 0 bridgehead atoms. The summed E-state index contributed by atoms with van der Waals surface area (Å²) in [6, 6.07) is 24.4. The SMILES string of the molecule is CCOc1cc(C(=O)Nc2oc(-c3ccccc3)c(-c3ccccc3)c2C#N)cc(OCC)c1OCC. The highest BCUT2D eigenvalue weighted by atomic mass is 16.5. The number of furan rings is 1. The smallest absolute Gasteiger partial charge is 0.258 e. The molecular formula is C30H28N2O5. The van der Waals surface area contributed by atoms with Crippen LogP contribution in [0.25, 0.3) is 22.5 Å². The second-order valence-electron chi connectivity index (χ2n) is 7.91. The monoisotopic (exact) mass is 496 g/mol. The van der Waals surface area contributed by atoms with E-state index in [-0.39, 0.29) is 17.0 Å². The van der Waals surface area contributed by atoms with Crippen LogP contribution in [0.5, 0.6) is 17.2 Å². The molecule has 1 heterocycles. The predicted molar refractivity (Wildman–Crippen MR) is 142 cm³/mol. The average molecular weight is 497 g/mol. The normalized spacial score (nSPS) is 10.4. The van der Waals surface area contributed by atoms with Crippen LogP contribution in [-0.4, -0.2) is 25.7 Å². The van der Waals surface area contributed by atoms with Crippen molar-refractivity contribution in [2.45, 2.75) is 20.8 Å². The van der Waals surface area contributed by atoms with E-state index in [1.807, 2.05) is 81.4 Å². The Morgan fingerprint density at radius 3 is 1.89 bits per heavy atom. The third-order valence-electron chi connectivity index (χ3n) is 5.52. The summed E-state index contributed by atoms with van der Waals surface area (Å²) >= 11 is 0. The number of hydrogen-bond donors (Lipinski definition) is 1. The van der Waals surface area contributed by atoms with Gasteiger partial charge in [-0.3, -0.25) is 10.1 Å². The molecule has 188 valence electrons. The van der Waals surface area contributed by atoms with E-state index in [0.717, 1.165) is 11.1 Å². The van der Waals surface area contributed by atoms with Crippen LogP contribution < -0.4 is 19.5 Å². The maximum atomic E-state index is 13.4. The van der Waals surface area contributed by atoms with Crippen molar-refractivity contribution >= 4 is 11.8 Å². The molecule has 1 amide bonds. The molecule has 0 radical (unpaired) electrons. The third-order valence-corrected chi connectivity index (χ3v) is 5.52. The van der Waals surface area contributed by atoms with E-state index in [9.17, 15) is 10.1 Å². The Kier molecular flexibility index (Phi) is 8.11. The minimum atomic E-state index is -0.477. The van der Waals surface area contributed by atoms with Crippen molar-refractivity contribution in [2.75, 3.05) is 25.1 Å². The van der Waals surface area contributed by atoms with Gasteiger partial charge in [0.1, 0.15) is 17.4 Å². The Morgan fingerprint density at radius 1 is 0.838 bits per heavy atom. The second kappa shape index (κ2) is 11.8. The Morgan fingerprint density at radius 2 is 1.38 bits per heavy atom. The number of hydrogen-bond acceptors (Lipinski definition) is 6. The number of nitriles is 1. The molecule has 0 atom stereocenters. The van der Waals surface area contributed by atoms with Gasteiger partial charge in [-0.15, -0.1) is 0 Å². The fourth-order valence-electron chi connectivity index (χ4n) is 3.99. The Balaban J connectivity index is 1.79. The second-order valence-corrected chi connectivity index (χ2v) is 7.91. The lowest BCUT2D eigenvalue weighted by Gasteiger charge is -2.17. The average Bonchev–Trinajstić information content (AvgIpc) is 3.29. The Labute approximate surface area is 216 Å². The number of rotatable bonds is 10. The molecule has 0 unspecified atom stereocenters. The van der Waals surface area contributed by atoms with Gasteiger partial charge in [-0.25, -0.2) is 0 Å². The van der Waals surface area contributed by atoms with Crippen molar-refractivity contribution in [2.24, 2.45) is 0 Å². The number of nitrogens with zero attached hydrogens (tertiary/aromatic N) is 1. The first kappa shape index (κ1) is 25.4. The Bertz CT molecular complexity index is 1380. The van der Waals surface area contributed by atoms with E-state index >= 15 is 0 Å². The number of amides is 1. The molecule has 3 aromatic carbocycles. The maximum absolute atomic E-state index is 13.4. The zero-order valence-corrected chi connectivity index (χ0v) is 21.0. The Hall–Kier alpha value is -4.70. The van der Waals surface area contributed by atoms with Crippen molar-refractivity contribution < 1.29 is 23.4 Å². The van der Waals surface area contributed by atoms with Crippen LogP contribution in [-0.2, 0) is 0 Å². The van der Waals surface area contributed by atoms with E-state index in [1.54, 1.807) is 12.1 Å². The highest BCUT2D eigenvalue weighted by molar-refractivity contribution is 6.06. The molecule has 0 saturated carbocycles. The maximum Gasteiger partial charge on any atom is 0.258 e. The number of anilines is 1. The van der Waals surface area contributed by atoms with Gasteiger partial charge in [-0.05, 0) is 38.5 Å². The summed E-state index contributed by atoms with van der Waals surface area (Å²) in [7, 11) is 0. The zero-order chi connectivity index (χ0) is 26.2. The summed E-state index contributed by atoms with van der Waals surface area (Å²) in [6.45, 7) is 6.74. The summed E-state index contributed by atoms with van der Waals surface area (Å²) < 4.78 is 23.4. The summed E-state index contributed by atoms with van der Waals surface area (Å²) in [6.07, 6.45) is 0. The van der Waals surface area contributed by atoms with E-state index in [1.165, 1.54) is 0 Å². The molecule has 1 N–H and O–H groups in total. The number of carbonyl (C=O) groups is 1. The minimum Gasteiger partial charge on any atom is -0.490 e. The topological polar surface area (TPSA) is 93.7 Å². The van der Waals surface area contributed by atoms with Gasteiger partial charge in [0, 0.05) is 16.7 Å². The van der Waals surface area contributed by atoms with Crippen molar-refractivity contribution in [3.8, 4) is 45.8 Å². The largest absolute Gasteiger partial charge is 0.490 e. The van der Waals surface area contributed by atoms with E-state index < -0.39 is 5.91 Å². The summed E-state index contributed by atoms with van der Waals surface area (Å²) in [5, 5.41) is 12.9. The highest BCUT2D eigenvalue weighted by Gasteiger charge is 2.25. The van der Waals surface area contributed by atoms with Gasteiger partial charge >= 0.3 is 0 Å². The lowest BCUT2D eigenvalue weighted by atomic mass is 9.98. The molecule has 1 aromatic heterocycles. The number of benzene rings is 3. The van der Waals surface area contributed by atoms with Gasteiger partial charge in [-0.1, -0.05) is 60.7 Å². The van der Waals surface area contributed by atoms with Crippen LogP contribution in [0.3, 0.4) is 0 Å². The van der Waals surface area contributed by atoms with Crippen molar-refractivity contribution in [3.63, 3.8) is 0 Å². The number of carbonyl (C=O) groups excluding carboxylic acids is 1. The summed E-state index contributed by atoms with van der Waals surface area (Å²) in [5.74, 6) is 1.32. The van der Waals surface area contributed by atoms with Crippen molar-refractivity contribution in [1.29, 1.82) is 5.26 Å². The lowest BCUT2D eigenvalue weighted by molar-refractivity contribution is 0.102. The van der Waals surface area contributed by atoms with E-state index in [4.69, 9.17) is 18.6 Å². The molecule has 7 heteroatoms. The van der Waals surface area contributed by atoms with Crippen LogP contribution >= 0.6 is 0 Å². The molecule has 4 rings (SSSR count). The molecule has 0 saturated heterocycles. The van der Waals surface area contributed by atoms with Gasteiger partial charge in [0.05, 0.1) is 19.8 Å². The fourth-order valence-corrected chi connectivity index (χ4v) is 3.99. The summed E-state index contributed by atoms with van der Waals surface area (Å²) in [4.78, 5) is 13.4. The molecule has 0 aliphatic heterocycles. The molecule has 4 aromatic rings. The van der Waals surface area contributed by atoms with Crippen LogP contribution in [0.4, 0.5) is 5.88 Å². The molecular weight excluding hydrogens is 468 g/mol. The van der Waals surface area contributed by atoms with Gasteiger partial charge in [0.2, 0.25) is 11.6 Å². The molecule has 0 aliphatic carbocycles. The van der Waals surface area contributed by atoms with E-state index in [2.05, 4.69) is 11.4 Å². The van der Waals surface area contributed by atoms with Gasteiger partial charge in [0.15, 0.2) is 11.5 Å². The molecule has 7 nitrogen and oxygen atoms in total. The predicted octanol–water partition coefficient (Wildman–Crippen LogP) is 6.93. The number of ether oxygens (including phenoxy) is 3. The van der Waals surface area contributed by atoms with Crippen molar-refractivity contribution in [1.82, 2.24) is 0 Å². The lowest BCUT2D eigenvalue weighted by Crippen LogP contribution is -2.13. The number of nitrogens with one attached hydrogen (secondary N) is 1. The summed E-state index contributed by atoms with van der Waals surface area (Å²) in [5.41, 5.74) is 2.72. The van der Waals surface area contributed by atoms with Crippen LogP contribution in [0, 0.1) is 11.3 Å². The van der Waals surface area contributed by atoms with Crippen LogP contribution in [0.2, 0.25) is 0 Å². The molecule has 0 aliphatic rings. The molecule has 0 spiro atoms. The van der Waals surface area contributed by atoms with Gasteiger partial charge in [-0.2, -0.15) is 5.26 Å². The molecule has 0 fully saturated rings. The minimum absolute atomic E-state index is 0.0648. The quantitative estimate of drug-likeness (QED) is 0.256. The van der Waals surface area contributed by atoms with E-state index in [0.29, 0.717) is 48.4 Å². The van der Waals surface area contributed by atoms with Crippen LogP contribution in [0.15, 0.2) is 77.2 Å². The molecule has 37 heavy (non-hydrogen) atoms. The fraction of sp³-hybridized carbons (Fsp3) is 0.200. The first-order chi connectivity index (χ1) is 18.1. The first-order valence-corrected chi connectivity index (χ1v) is 12.2. The zero-order valence-electron chi connectivity index (χ0n) is 21.0. The van der Waals surface area contributed by atoms with Gasteiger partial charge in [0.25, 0.3) is 5.91 Å². The first-order valence-electron chi connectivity index (χ1n) is 12.2. The third kappa shape index (κ3) is 5.44. The standard InChI is InChI=1S/C30H28N2O5/c1-4-34-24-17-22(18-25(35-5-2)28(24)36-6-3)29(33)32-30-23(19-31)26(20-13-9-7-10-14-20)27(37-30)21-15-11-8-12-16-21/h7-18H,4-6H2,1-3H3,(H,32,33). The highest BCUT2D eigenvalue weighted by Crippen LogP contribution is 2.42.